The number of hydrogen-bond acceptors (Lipinski definition) is 3. The summed E-state index contributed by atoms with van der Waals surface area (Å²) < 4.78 is 11.9. The Morgan fingerprint density at radius 2 is 2.14 bits per heavy atom. The summed E-state index contributed by atoms with van der Waals surface area (Å²) in [7, 11) is 0. The summed E-state index contributed by atoms with van der Waals surface area (Å²) in [6, 6.07) is 8.23. The van der Waals surface area contributed by atoms with E-state index in [-0.39, 0.29) is 0 Å². The lowest BCUT2D eigenvalue weighted by Crippen LogP contribution is -2.14. The Hall–Kier alpha value is -1.32. The molecule has 21 heavy (non-hydrogen) atoms. The molecular formula is C18H25NO2. The molecule has 1 N–H and O–H groups in total. The third-order valence-electron chi connectivity index (χ3n) is 4.46. The second-order valence-corrected chi connectivity index (χ2v) is 5.92. The van der Waals surface area contributed by atoms with Crippen molar-refractivity contribution < 1.29 is 9.15 Å². The summed E-state index contributed by atoms with van der Waals surface area (Å²) in [5.41, 5.74) is 2.17. The quantitative estimate of drug-likeness (QED) is 0.737. The maximum absolute atomic E-state index is 5.97. The highest BCUT2D eigenvalue weighted by Gasteiger charge is 2.17. The predicted octanol–water partition coefficient (Wildman–Crippen LogP) is 4.25. The first-order chi connectivity index (χ1) is 10.4. The number of ether oxygens (including phenoxy) is 1. The van der Waals surface area contributed by atoms with Crippen LogP contribution in [0.1, 0.15) is 43.9 Å². The van der Waals surface area contributed by atoms with Crippen LogP contribution in [0.15, 0.2) is 28.7 Å². The molecule has 0 amide bonds. The molecule has 0 aliphatic heterocycles. The van der Waals surface area contributed by atoms with Crippen molar-refractivity contribution >= 4 is 11.0 Å². The zero-order valence-electron chi connectivity index (χ0n) is 12.9. The van der Waals surface area contributed by atoms with Gasteiger partial charge in [-0.05, 0) is 24.9 Å². The van der Waals surface area contributed by atoms with Gasteiger partial charge in [-0.25, -0.2) is 0 Å². The fourth-order valence-corrected chi connectivity index (χ4v) is 2.89. The molecule has 1 aromatic carbocycles. The maximum atomic E-state index is 5.97. The molecule has 114 valence electrons. The Kier molecular flexibility index (Phi) is 4.94. The summed E-state index contributed by atoms with van der Waals surface area (Å²) in [5, 5.41) is 4.53. The van der Waals surface area contributed by atoms with Crippen molar-refractivity contribution in [2.45, 2.75) is 45.8 Å². The molecule has 1 fully saturated rings. The lowest BCUT2D eigenvalue weighted by Gasteiger charge is -2.24. The Balaban J connectivity index is 1.65. The molecule has 3 rings (SSSR count). The van der Waals surface area contributed by atoms with Crippen LogP contribution in [0, 0.1) is 5.92 Å². The summed E-state index contributed by atoms with van der Waals surface area (Å²) in [5.74, 6) is 1.93. The molecule has 2 aromatic rings. The first kappa shape index (κ1) is 14.6. The van der Waals surface area contributed by atoms with Gasteiger partial charge in [0.05, 0.1) is 13.2 Å². The van der Waals surface area contributed by atoms with E-state index in [2.05, 4.69) is 24.4 Å². The molecule has 3 nitrogen and oxygen atoms in total. The Morgan fingerprint density at radius 1 is 1.29 bits per heavy atom. The molecule has 0 unspecified atom stereocenters. The summed E-state index contributed by atoms with van der Waals surface area (Å²) in [6.45, 7) is 5.35. The highest BCUT2D eigenvalue weighted by atomic mass is 16.5. The third kappa shape index (κ3) is 3.47. The van der Waals surface area contributed by atoms with Gasteiger partial charge in [-0.3, -0.25) is 0 Å². The molecule has 3 heteroatoms. The summed E-state index contributed by atoms with van der Waals surface area (Å²) >= 11 is 0. The van der Waals surface area contributed by atoms with Crippen molar-refractivity contribution in [3.63, 3.8) is 0 Å². The van der Waals surface area contributed by atoms with Crippen LogP contribution in [-0.2, 0) is 17.9 Å². The number of hydrogen-bond donors (Lipinski definition) is 1. The van der Waals surface area contributed by atoms with Gasteiger partial charge in [0.1, 0.15) is 11.3 Å². The normalized spacial score (nSPS) is 15.5. The fraction of sp³-hybridized carbons (Fsp3) is 0.556. The van der Waals surface area contributed by atoms with Crippen LogP contribution in [0.25, 0.3) is 11.0 Å². The van der Waals surface area contributed by atoms with Gasteiger partial charge < -0.3 is 14.5 Å². The van der Waals surface area contributed by atoms with Gasteiger partial charge >= 0.3 is 0 Å². The summed E-state index contributed by atoms with van der Waals surface area (Å²) in [4.78, 5) is 0. The van der Waals surface area contributed by atoms with E-state index >= 15 is 0 Å². The van der Waals surface area contributed by atoms with E-state index in [0.29, 0.717) is 6.61 Å². The zero-order chi connectivity index (χ0) is 14.5. The molecular weight excluding hydrogens is 262 g/mol. The molecule has 0 spiro atoms. The minimum absolute atomic E-state index is 0.657. The van der Waals surface area contributed by atoms with Gasteiger partial charge in [0.15, 0.2) is 0 Å². The van der Waals surface area contributed by atoms with Gasteiger partial charge in [-0.2, -0.15) is 0 Å². The molecule has 0 atom stereocenters. The molecule has 1 aliphatic carbocycles. The number of nitrogens with one attached hydrogen (secondary N) is 1. The van der Waals surface area contributed by atoms with E-state index in [1.165, 1.54) is 36.6 Å². The predicted molar refractivity (Wildman–Crippen MR) is 85.2 cm³/mol. The highest BCUT2D eigenvalue weighted by Crippen LogP contribution is 2.30. The Bertz CT molecular complexity index is 572. The molecule has 0 radical (unpaired) electrons. The van der Waals surface area contributed by atoms with E-state index in [9.17, 15) is 0 Å². The van der Waals surface area contributed by atoms with Crippen LogP contribution in [0.4, 0.5) is 0 Å². The first-order valence-corrected chi connectivity index (χ1v) is 8.16. The third-order valence-corrected chi connectivity index (χ3v) is 4.46. The van der Waals surface area contributed by atoms with E-state index in [1.54, 1.807) is 0 Å². The van der Waals surface area contributed by atoms with Crippen molar-refractivity contribution in [2.75, 3.05) is 13.2 Å². The SMILES string of the molecule is CCNCc1oc2ccccc2c1COCCC1CCC1. The van der Waals surface area contributed by atoms with Crippen LogP contribution in [-0.4, -0.2) is 13.2 Å². The molecule has 1 aliphatic rings. The number of benzene rings is 1. The molecule has 1 heterocycles. The highest BCUT2D eigenvalue weighted by molar-refractivity contribution is 5.82. The topological polar surface area (TPSA) is 34.4 Å². The van der Waals surface area contributed by atoms with Crippen molar-refractivity contribution in [1.29, 1.82) is 0 Å². The van der Waals surface area contributed by atoms with Crippen LogP contribution in [0.5, 0.6) is 0 Å². The minimum atomic E-state index is 0.657. The van der Waals surface area contributed by atoms with Crippen molar-refractivity contribution in [3.05, 3.63) is 35.6 Å². The average Bonchev–Trinajstić information content (AvgIpc) is 2.81. The van der Waals surface area contributed by atoms with E-state index < -0.39 is 0 Å². The zero-order valence-corrected chi connectivity index (χ0v) is 12.9. The van der Waals surface area contributed by atoms with E-state index in [1.807, 2.05) is 12.1 Å². The van der Waals surface area contributed by atoms with Gasteiger partial charge in [0.2, 0.25) is 0 Å². The molecule has 0 bridgehead atoms. The smallest absolute Gasteiger partial charge is 0.134 e. The standard InChI is InChI=1S/C18H25NO2/c1-2-19-12-18-16(13-20-11-10-14-6-5-7-14)15-8-3-4-9-17(15)21-18/h3-4,8-9,14,19H,2,5-7,10-13H2,1H3. The van der Waals surface area contributed by atoms with Gasteiger partial charge in [-0.15, -0.1) is 0 Å². The van der Waals surface area contributed by atoms with Gasteiger partial charge in [0, 0.05) is 17.6 Å². The summed E-state index contributed by atoms with van der Waals surface area (Å²) in [6.07, 6.45) is 5.40. The maximum Gasteiger partial charge on any atom is 0.134 e. The molecule has 0 saturated heterocycles. The number of rotatable bonds is 8. The average molecular weight is 287 g/mol. The second kappa shape index (κ2) is 7.10. The van der Waals surface area contributed by atoms with Crippen molar-refractivity contribution in [2.24, 2.45) is 5.92 Å². The lowest BCUT2D eigenvalue weighted by atomic mass is 9.83. The molecule has 1 saturated carbocycles. The number of para-hydroxylation sites is 1. The second-order valence-electron chi connectivity index (χ2n) is 5.92. The van der Waals surface area contributed by atoms with Gasteiger partial charge in [0.25, 0.3) is 0 Å². The van der Waals surface area contributed by atoms with Gasteiger partial charge in [-0.1, -0.05) is 44.4 Å². The van der Waals surface area contributed by atoms with E-state index in [4.69, 9.17) is 9.15 Å². The van der Waals surface area contributed by atoms with Crippen molar-refractivity contribution in [3.8, 4) is 0 Å². The largest absolute Gasteiger partial charge is 0.459 e. The minimum Gasteiger partial charge on any atom is -0.459 e. The number of fused-ring (bicyclic) bond motifs is 1. The number of furan rings is 1. The Morgan fingerprint density at radius 3 is 2.90 bits per heavy atom. The fourth-order valence-electron chi connectivity index (χ4n) is 2.89. The van der Waals surface area contributed by atoms with Crippen molar-refractivity contribution in [1.82, 2.24) is 5.32 Å². The first-order valence-electron chi connectivity index (χ1n) is 8.16. The van der Waals surface area contributed by atoms with Crippen LogP contribution >= 0.6 is 0 Å². The molecule has 1 aromatic heterocycles. The monoisotopic (exact) mass is 287 g/mol. The lowest BCUT2D eigenvalue weighted by molar-refractivity contribution is 0.0945. The van der Waals surface area contributed by atoms with Crippen LogP contribution in [0.3, 0.4) is 0 Å². The van der Waals surface area contributed by atoms with Crippen LogP contribution in [0.2, 0.25) is 0 Å². The van der Waals surface area contributed by atoms with Crippen LogP contribution < -0.4 is 5.32 Å². The Labute approximate surface area is 126 Å². The van der Waals surface area contributed by atoms with E-state index in [0.717, 1.165) is 37.0 Å².